The van der Waals surface area contributed by atoms with Gasteiger partial charge in [0.15, 0.2) is 10.5 Å². The molecule has 0 spiro atoms. The first kappa shape index (κ1) is 22.5. The number of phosphoric acid groups is 1. The van der Waals surface area contributed by atoms with Crippen molar-refractivity contribution in [2.45, 2.75) is 0 Å². The van der Waals surface area contributed by atoms with Gasteiger partial charge in [0, 0.05) is 0 Å². The van der Waals surface area contributed by atoms with Gasteiger partial charge in [-0.3, -0.25) is 0 Å². The molecule has 9 heavy (non-hydrogen) atoms. The van der Waals surface area contributed by atoms with E-state index in [9.17, 15) is 4.57 Å². The quantitative estimate of drug-likeness (QED) is 0.301. The van der Waals surface area contributed by atoms with Gasteiger partial charge in [0.25, 0.3) is 0 Å². The van der Waals surface area contributed by atoms with E-state index in [1.165, 1.54) is 0 Å². The van der Waals surface area contributed by atoms with Crippen molar-refractivity contribution in [1.29, 1.82) is 0 Å². The van der Waals surface area contributed by atoms with Crippen LogP contribution in [0.15, 0.2) is 0 Å². The summed E-state index contributed by atoms with van der Waals surface area (Å²) in [4.78, 5) is 15.5. The van der Waals surface area contributed by atoms with Crippen LogP contribution in [0.5, 0.6) is 0 Å². The fraction of sp³-hybridized carbons (Fsp3) is 0. The van der Waals surface area contributed by atoms with Crippen LogP contribution in [0, 0.1) is 0 Å². The van der Waals surface area contributed by atoms with Crippen LogP contribution in [0.2, 0.25) is 0 Å². The molecule has 0 amide bonds. The van der Waals surface area contributed by atoms with E-state index in [1.807, 2.05) is 0 Å². The van der Waals surface area contributed by atoms with E-state index in [2.05, 4.69) is 4.21 Å². The van der Waals surface area contributed by atoms with Gasteiger partial charge < -0.3 is 14.0 Å². The summed E-state index contributed by atoms with van der Waals surface area (Å²) in [6.45, 7) is 0. The maximum absolute atomic E-state index is 9.51. The Hall–Kier alpha value is 2.12. The average Bonchev–Trinajstić information content (AvgIpc) is 1.35. The molecular weight excluding hydrogens is 144 g/mol. The number of hydrogen-bond acceptors (Lipinski definition) is 2. The normalized spacial score (nSPS) is 8.22. The predicted octanol–water partition coefficient (Wildman–Crippen LogP) is -3.57. The summed E-state index contributed by atoms with van der Waals surface area (Å²) in [6.07, 6.45) is 0. The van der Waals surface area contributed by atoms with Crippen molar-refractivity contribution < 1.29 is 18.6 Å². The summed E-state index contributed by atoms with van der Waals surface area (Å²) in [5.74, 6) is 0. The van der Waals surface area contributed by atoms with Gasteiger partial charge in [-0.25, -0.2) is 4.57 Å². The first-order chi connectivity index (χ1) is 2.56. The van der Waals surface area contributed by atoms with E-state index in [0.29, 0.717) is 0 Å². The van der Waals surface area contributed by atoms with Crippen LogP contribution in [0.1, 0.15) is 0 Å². The molecule has 0 aromatic rings. The molecule has 0 aliphatic carbocycles. The van der Waals surface area contributed by atoms with Gasteiger partial charge in [-0.2, -0.15) is 0 Å². The molecule has 0 aromatic heterocycles. The van der Waals surface area contributed by atoms with E-state index >= 15 is 0 Å². The zero-order valence-corrected chi connectivity index (χ0v) is 6.05. The van der Waals surface area contributed by atoms with Gasteiger partial charge in [0.2, 0.25) is 0 Å². The summed E-state index contributed by atoms with van der Waals surface area (Å²) >= 11 is 0. The van der Waals surface area contributed by atoms with Gasteiger partial charge in [0.05, 0.1) is 0 Å². The van der Waals surface area contributed by atoms with E-state index < -0.39 is 7.82 Å². The van der Waals surface area contributed by atoms with Crippen molar-refractivity contribution >= 4 is 74.9 Å². The minimum atomic E-state index is -4.08. The molecule has 2 N–H and O–H groups in total. The summed E-state index contributed by atoms with van der Waals surface area (Å²) in [5, 5.41) is 0. The Balaban J connectivity index is -0.0000000417. The maximum atomic E-state index is 9.51. The third-order valence-corrected chi connectivity index (χ3v) is 2.14. The zero-order valence-electron chi connectivity index (χ0n) is 3.16. The summed E-state index contributed by atoms with van der Waals surface area (Å²) < 4.78 is 13.2. The van der Waals surface area contributed by atoms with E-state index in [4.69, 9.17) is 9.79 Å². The first-order valence-corrected chi connectivity index (χ1v) is 3.52. The van der Waals surface area contributed by atoms with Crippen LogP contribution in [-0.2, 0) is 8.78 Å². The molecule has 0 saturated heterocycles. The summed E-state index contributed by atoms with van der Waals surface area (Å²) in [5.41, 5.74) is 0. The SMILES string of the molecule is O=P(O)(O)O[SiH3].[LiH].[LiH].[LiH]. The second kappa shape index (κ2) is 10.1. The molecule has 0 atom stereocenters. The average molecular weight is 152 g/mol. The molecule has 0 aliphatic rings. The molecule has 9 heteroatoms. The molecule has 44 valence electrons. The fourth-order valence-electron chi connectivity index (χ4n) is 0. The van der Waals surface area contributed by atoms with Crippen LogP contribution in [0.4, 0.5) is 0 Å². The Bertz CT molecular complexity index is 79.9. The summed E-state index contributed by atoms with van der Waals surface area (Å²) in [6, 6.07) is 0. The molecule has 0 aliphatic heterocycles. The van der Waals surface area contributed by atoms with Gasteiger partial charge in [-0.05, 0) is 0 Å². The third-order valence-electron chi connectivity index (χ3n) is 0.238. The number of hydrogen-bond donors (Lipinski definition) is 2. The third kappa shape index (κ3) is 25.5. The van der Waals surface area contributed by atoms with Crippen molar-refractivity contribution in [3.63, 3.8) is 0 Å². The fourth-order valence-corrected chi connectivity index (χ4v) is 0. The molecule has 0 rings (SSSR count). The molecule has 0 unspecified atom stereocenters. The van der Waals surface area contributed by atoms with Crippen molar-refractivity contribution in [2.24, 2.45) is 0 Å². The molecule has 0 aromatic carbocycles. The topological polar surface area (TPSA) is 66.8 Å². The monoisotopic (exact) mass is 152 g/mol. The molecular formula is H8Li3O4PSi. The van der Waals surface area contributed by atoms with E-state index in [0.717, 1.165) is 0 Å². The van der Waals surface area contributed by atoms with Gasteiger partial charge in [0.1, 0.15) is 0 Å². The minimum absolute atomic E-state index is 0. The van der Waals surface area contributed by atoms with Crippen LogP contribution in [-0.4, -0.2) is 76.9 Å². The Kier molecular flexibility index (Phi) is 25.3. The molecule has 0 saturated carbocycles. The van der Waals surface area contributed by atoms with E-state index in [-0.39, 0.29) is 67.1 Å². The van der Waals surface area contributed by atoms with Crippen molar-refractivity contribution in [2.75, 3.05) is 0 Å². The van der Waals surface area contributed by atoms with Crippen molar-refractivity contribution in [3.8, 4) is 0 Å². The van der Waals surface area contributed by atoms with Gasteiger partial charge in [-0.1, -0.05) is 0 Å². The van der Waals surface area contributed by atoms with Crippen molar-refractivity contribution in [1.82, 2.24) is 0 Å². The summed E-state index contributed by atoms with van der Waals surface area (Å²) in [7, 11) is -4.00. The second-order valence-corrected chi connectivity index (χ2v) is 3.11. The molecule has 0 fully saturated rings. The van der Waals surface area contributed by atoms with Crippen LogP contribution >= 0.6 is 7.82 Å². The first-order valence-electron chi connectivity index (χ1n) is 1.17. The van der Waals surface area contributed by atoms with Crippen LogP contribution in [0.3, 0.4) is 0 Å². The van der Waals surface area contributed by atoms with Gasteiger partial charge in [-0.15, -0.1) is 0 Å². The second-order valence-electron chi connectivity index (χ2n) is 0.673. The van der Waals surface area contributed by atoms with E-state index in [1.54, 1.807) is 0 Å². The zero-order chi connectivity index (χ0) is 5.21. The predicted molar refractivity (Wildman–Crippen MR) is 44.5 cm³/mol. The Labute approximate surface area is 92.8 Å². The molecule has 0 heterocycles. The standard InChI is InChI=1S/3Li.H5O4PSi.3H/c;;;1-5(2,3)4-6;;;/h;;;6H3,(H2,1,2,3);;;. The van der Waals surface area contributed by atoms with Crippen LogP contribution < -0.4 is 0 Å². The Morgan fingerprint density at radius 2 is 1.33 bits per heavy atom. The van der Waals surface area contributed by atoms with Gasteiger partial charge >= 0.3 is 64.4 Å². The molecule has 0 radical (unpaired) electrons. The number of rotatable bonds is 1. The molecule has 0 bridgehead atoms. The Morgan fingerprint density at radius 1 is 1.22 bits per heavy atom. The Morgan fingerprint density at radius 3 is 1.33 bits per heavy atom. The van der Waals surface area contributed by atoms with Crippen LogP contribution in [0.25, 0.3) is 0 Å². The molecule has 4 nitrogen and oxygen atoms in total. The van der Waals surface area contributed by atoms with Crippen molar-refractivity contribution in [3.05, 3.63) is 0 Å².